The Morgan fingerprint density at radius 3 is 2.11 bits per heavy atom. The molecule has 3 heteroatoms. The predicted octanol–water partition coefficient (Wildman–Crippen LogP) is 3.61. The largest absolute Gasteiger partial charge is 0.392 e. The second-order valence-corrected chi connectivity index (χ2v) is 17.1. The molecule has 0 radical (unpaired) electrons. The van der Waals surface area contributed by atoms with Gasteiger partial charge in [-0.05, 0) is 11.1 Å². The predicted molar refractivity (Wildman–Crippen MR) is 87.7 cm³/mol. The average molecular weight is 279 g/mol. The van der Waals surface area contributed by atoms with E-state index in [1.54, 1.807) is 0 Å². The van der Waals surface area contributed by atoms with Crippen molar-refractivity contribution in [2.45, 2.75) is 45.9 Å². The summed E-state index contributed by atoms with van der Waals surface area (Å²) in [5, 5.41) is 10.7. The minimum absolute atomic E-state index is 0.134. The van der Waals surface area contributed by atoms with Gasteiger partial charge in [0.25, 0.3) is 0 Å². The van der Waals surface area contributed by atoms with Crippen LogP contribution in [-0.4, -0.2) is 21.3 Å². The molecule has 0 bridgehead atoms. The van der Waals surface area contributed by atoms with E-state index in [1.165, 1.54) is 10.8 Å². The molecule has 0 aliphatic rings. The van der Waals surface area contributed by atoms with Crippen LogP contribution in [0.2, 0.25) is 39.3 Å². The zero-order chi connectivity index (χ0) is 14.0. The van der Waals surface area contributed by atoms with Crippen molar-refractivity contribution >= 4 is 27.4 Å². The van der Waals surface area contributed by atoms with Gasteiger partial charge in [0.05, 0.1) is 22.8 Å². The van der Waals surface area contributed by atoms with Crippen molar-refractivity contribution in [3.8, 4) is 0 Å². The monoisotopic (exact) mass is 278 g/mol. The van der Waals surface area contributed by atoms with Crippen LogP contribution in [0.25, 0.3) is 6.08 Å². The topological polar surface area (TPSA) is 20.2 Å². The molecule has 0 fully saturated rings. The maximum absolute atomic E-state index is 9.28. The Bertz CT molecular complexity index is 437. The molecule has 0 saturated carbocycles. The lowest BCUT2D eigenvalue weighted by Gasteiger charge is -2.21. The van der Waals surface area contributed by atoms with Crippen LogP contribution in [0.1, 0.15) is 11.1 Å². The van der Waals surface area contributed by atoms with Crippen LogP contribution < -0.4 is 5.19 Å². The molecule has 1 rings (SSSR count). The van der Waals surface area contributed by atoms with E-state index >= 15 is 0 Å². The summed E-state index contributed by atoms with van der Waals surface area (Å²) in [5.74, 6) is 0. The van der Waals surface area contributed by atoms with E-state index in [1.807, 2.05) is 6.07 Å². The highest BCUT2D eigenvalue weighted by molar-refractivity contribution is 6.89. The molecule has 0 unspecified atom stereocenters. The first kappa shape index (κ1) is 15.4. The molecule has 18 heavy (non-hydrogen) atoms. The van der Waals surface area contributed by atoms with Crippen molar-refractivity contribution in [3.05, 3.63) is 35.0 Å². The van der Waals surface area contributed by atoms with Crippen molar-refractivity contribution < 1.29 is 5.11 Å². The van der Waals surface area contributed by atoms with Gasteiger partial charge in [-0.3, -0.25) is 0 Å². The number of aliphatic hydroxyl groups is 1. The molecule has 0 amide bonds. The molecule has 1 aromatic rings. The van der Waals surface area contributed by atoms with Crippen LogP contribution in [0, 0.1) is 0 Å². The van der Waals surface area contributed by atoms with E-state index in [0.29, 0.717) is 0 Å². The molecular weight excluding hydrogens is 252 g/mol. The lowest BCUT2D eigenvalue weighted by atomic mass is 10.1. The highest BCUT2D eigenvalue weighted by Gasteiger charge is 2.20. The molecule has 0 aliphatic carbocycles. The van der Waals surface area contributed by atoms with Gasteiger partial charge in [-0.1, -0.05) is 74.4 Å². The summed E-state index contributed by atoms with van der Waals surface area (Å²) in [5.41, 5.74) is 4.76. The minimum atomic E-state index is -1.37. The van der Waals surface area contributed by atoms with Crippen molar-refractivity contribution in [2.75, 3.05) is 0 Å². The first-order valence-corrected chi connectivity index (χ1v) is 13.6. The molecule has 1 N–H and O–H groups in total. The van der Waals surface area contributed by atoms with E-state index < -0.39 is 16.1 Å². The van der Waals surface area contributed by atoms with Gasteiger partial charge in [-0.2, -0.15) is 0 Å². The average Bonchev–Trinajstić information content (AvgIpc) is 2.24. The lowest BCUT2D eigenvalue weighted by Crippen LogP contribution is -2.39. The number of rotatable bonds is 4. The van der Waals surface area contributed by atoms with Crippen molar-refractivity contribution in [1.82, 2.24) is 0 Å². The maximum atomic E-state index is 9.28. The van der Waals surface area contributed by atoms with E-state index in [9.17, 15) is 5.11 Å². The summed E-state index contributed by atoms with van der Waals surface area (Å²) in [4.78, 5) is 0. The van der Waals surface area contributed by atoms with Gasteiger partial charge in [-0.25, -0.2) is 0 Å². The number of benzene rings is 1. The van der Waals surface area contributed by atoms with Gasteiger partial charge in [-0.15, -0.1) is 0 Å². The molecule has 0 aliphatic heterocycles. The molecule has 1 aromatic carbocycles. The van der Waals surface area contributed by atoms with Crippen LogP contribution in [0.4, 0.5) is 0 Å². The molecule has 0 aromatic heterocycles. The Labute approximate surface area is 114 Å². The zero-order valence-corrected chi connectivity index (χ0v) is 14.5. The van der Waals surface area contributed by atoms with E-state index in [2.05, 4.69) is 63.2 Å². The molecule has 0 spiro atoms. The normalized spacial score (nSPS) is 13.3. The van der Waals surface area contributed by atoms with Gasteiger partial charge >= 0.3 is 0 Å². The fourth-order valence-electron chi connectivity index (χ4n) is 1.84. The van der Waals surface area contributed by atoms with Gasteiger partial charge in [0.2, 0.25) is 0 Å². The summed E-state index contributed by atoms with van der Waals surface area (Å²) in [7, 11) is -2.53. The quantitative estimate of drug-likeness (QED) is 0.834. The van der Waals surface area contributed by atoms with Crippen LogP contribution in [0.3, 0.4) is 0 Å². The van der Waals surface area contributed by atoms with E-state index in [4.69, 9.17) is 0 Å². The van der Waals surface area contributed by atoms with Gasteiger partial charge in [0.15, 0.2) is 0 Å². The van der Waals surface area contributed by atoms with Crippen LogP contribution >= 0.6 is 0 Å². The third-order valence-electron chi connectivity index (χ3n) is 2.87. The number of hydrogen-bond acceptors (Lipinski definition) is 1. The fourth-order valence-corrected chi connectivity index (χ4v) is 4.17. The van der Waals surface area contributed by atoms with E-state index in [0.717, 1.165) is 5.56 Å². The first-order valence-electron chi connectivity index (χ1n) is 6.57. The van der Waals surface area contributed by atoms with Crippen molar-refractivity contribution in [1.29, 1.82) is 0 Å². The van der Waals surface area contributed by atoms with Crippen LogP contribution in [-0.2, 0) is 6.61 Å². The second kappa shape index (κ2) is 5.55. The first-order chi connectivity index (χ1) is 8.13. The smallest absolute Gasteiger partial charge is 0.0783 e. The third-order valence-corrected chi connectivity index (χ3v) is 6.09. The summed E-state index contributed by atoms with van der Waals surface area (Å²) in [6.07, 6.45) is 2.29. The minimum Gasteiger partial charge on any atom is -0.392 e. The molecule has 0 atom stereocenters. The van der Waals surface area contributed by atoms with Crippen LogP contribution in [0.5, 0.6) is 0 Å². The maximum Gasteiger partial charge on any atom is 0.0783 e. The number of aliphatic hydroxyl groups excluding tert-OH is 1. The lowest BCUT2D eigenvalue weighted by molar-refractivity contribution is 0.282. The van der Waals surface area contributed by atoms with E-state index in [-0.39, 0.29) is 6.61 Å². The SMILES string of the molecule is C[Si](C)(C)/C=C\c1ccc(CO)cc1[Si](C)(C)C. The molecule has 0 saturated heterocycles. The van der Waals surface area contributed by atoms with Gasteiger partial charge < -0.3 is 5.11 Å². The standard InChI is InChI=1S/C15H26OSi2/c1-17(2,3)10-9-14-8-7-13(12-16)11-15(14)18(4,5)6/h7-11,16H,12H2,1-6H3/b10-9-. The molecular formula is C15H26OSi2. The molecule has 1 nitrogen and oxygen atoms in total. The summed E-state index contributed by atoms with van der Waals surface area (Å²) in [6.45, 7) is 14.2. The van der Waals surface area contributed by atoms with Gasteiger partial charge in [0, 0.05) is 0 Å². The Balaban J connectivity index is 3.23. The zero-order valence-electron chi connectivity index (χ0n) is 12.5. The third kappa shape index (κ3) is 4.55. The fraction of sp³-hybridized carbons (Fsp3) is 0.467. The Kier molecular flexibility index (Phi) is 4.75. The Morgan fingerprint density at radius 1 is 1.06 bits per heavy atom. The Morgan fingerprint density at radius 2 is 1.67 bits per heavy atom. The summed E-state index contributed by atoms with van der Waals surface area (Å²) < 4.78 is 0. The molecule has 0 heterocycles. The summed E-state index contributed by atoms with van der Waals surface area (Å²) >= 11 is 0. The molecule has 100 valence electrons. The van der Waals surface area contributed by atoms with Crippen LogP contribution in [0.15, 0.2) is 23.9 Å². The summed E-state index contributed by atoms with van der Waals surface area (Å²) in [6, 6.07) is 6.39. The highest BCUT2D eigenvalue weighted by Crippen LogP contribution is 2.13. The van der Waals surface area contributed by atoms with Crippen molar-refractivity contribution in [3.63, 3.8) is 0 Å². The van der Waals surface area contributed by atoms with Crippen molar-refractivity contribution in [2.24, 2.45) is 0 Å². The van der Waals surface area contributed by atoms with Gasteiger partial charge in [0.1, 0.15) is 0 Å². The highest BCUT2D eigenvalue weighted by atomic mass is 28.3. The Hall–Kier alpha value is -0.646. The number of hydrogen-bond donors (Lipinski definition) is 1. The second-order valence-electron chi connectivity index (χ2n) is 7.03.